The highest BCUT2D eigenvalue weighted by Crippen LogP contribution is 2.29. The summed E-state index contributed by atoms with van der Waals surface area (Å²) in [7, 11) is 0. The topological polar surface area (TPSA) is 43.8 Å². The first-order valence-corrected chi connectivity index (χ1v) is 8.41. The zero-order chi connectivity index (χ0) is 14.8. The molecule has 2 N–H and O–H groups in total. The highest BCUT2D eigenvalue weighted by atomic mass is 15.1. The van der Waals surface area contributed by atoms with E-state index < -0.39 is 0 Å². The van der Waals surface area contributed by atoms with Crippen molar-refractivity contribution in [2.24, 2.45) is 5.92 Å². The Balaban J connectivity index is 1.86. The van der Waals surface area contributed by atoms with Gasteiger partial charge in [-0.3, -0.25) is 0 Å². The first kappa shape index (κ1) is 14.4. The minimum atomic E-state index is 0.449. The van der Waals surface area contributed by atoms with Crippen molar-refractivity contribution in [1.82, 2.24) is 9.55 Å². The summed E-state index contributed by atoms with van der Waals surface area (Å²) in [5.41, 5.74) is 8.98. The number of nitrogen functional groups attached to an aromatic ring is 1. The van der Waals surface area contributed by atoms with E-state index in [2.05, 4.69) is 24.5 Å². The van der Waals surface area contributed by atoms with Crippen LogP contribution in [-0.2, 0) is 6.54 Å². The molecular weight excluding hydrogens is 258 g/mol. The Morgan fingerprint density at radius 3 is 2.71 bits per heavy atom. The van der Waals surface area contributed by atoms with E-state index in [1.54, 1.807) is 0 Å². The van der Waals surface area contributed by atoms with Gasteiger partial charge in [-0.25, -0.2) is 4.98 Å². The maximum Gasteiger partial charge on any atom is 0.112 e. The fourth-order valence-corrected chi connectivity index (χ4v) is 3.63. The van der Waals surface area contributed by atoms with E-state index in [9.17, 15) is 0 Å². The van der Waals surface area contributed by atoms with Crippen molar-refractivity contribution < 1.29 is 0 Å². The molecule has 1 aliphatic carbocycles. The van der Waals surface area contributed by atoms with Gasteiger partial charge in [-0.1, -0.05) is 46.0 Å². The normalized spacial score (nSPS) is 16.9. The Kier molecular flexibility index (Phi) is 4.18. The third-order valence-corrected chi connectivity index (χ3v) is 4.80. The van der Waals surface area contributed by atoms with E-state index in [-0.39, 0.29) is 0 Å². The summed E-state index contributed by atoms with van der Waals surface area (Å²) in [6.45, 7) is 5.54. The van der Waals surface area contributed by atoms with Gasteiger partial charge in [0.05, 0.1) is 11.0 Å². The summed E-state index contributed by atoms with van der Waals surface area (Å²) in [6.07, 6.45) is 8.38. The molecule has 0 spiro atoms. The van der Waals surface area contributed by atoms with Crippen LogP contribution in [0.25, 0.3) is 11.0 Å². The van der Waals surface area contributed by atoms with E-state index in [4.69, 9.17) is 10.7 Å². The summed E-state index contributed by atoms with van der Waals surface area (Å²) >= 11 is 0. The lowest BCUT2D eigenvalue weighted by molar-refractivity contribution is 0.323. The number of hydrogen-bond acceptors (Lipinski definition) is 2. The molecule has 3 heteroatoms. The Morgan fingerprint density at radius 1 is 1.24 bits per heavy atom. The van der Waals surface area contributed by atoms with Gasteiger partial charge >= 0.3 is 0 Å². The molecule has 0 radical (unpaired) electrons. The number of imidazole rings is 1. The van der Waals surface area contributed by atoms with Crippen LogP contribution in [0.1, 0.15) is 64.1 Å². The number of anilines is 1. The lowest BCUT2D eigenvalue weighted by atomic mass is 9.87. The zero-order valence-electron chi connectivity index (χ0n) is 13.3. The van der Waals surface area contributed by atoms with E-state index >= 15 is 0 Å². The van der Waals surface area contributed by atoms with Crippen LogP contribution < -0.4 is 5.73 Å². The Bertz CT molecular complexity index is 606. The van der Waals surface area contributed by atoms with E-state index in [0.29, 0.717) is 5.92 Å². The monoisotopic (exact) mass is 285 g/mol. The van der Waals surface area contributed by atoms with E-state index in [1.165, 1.54) is 49.9 Å². The molecule has 1 aromatic carbocycles. The smallest absolute Gasteiger partial charge is 0.112 e. The number of nitrogens with zero attached hydrogens (tertiary/aromatic N) is 2. The average Bonchev–Trinajstić information content (AvgIpc) is 2.84. The van der Waals surface area contributed by atoms with E-state index in [0.717, 1.165) is 23.7 Å². The predicted octanol–water partition coefficient (Wildman–Crippen LogP) is 4.71. The van der Waals surface area contributed by atoms with Crippen molar-refractivity contribution in [2.45, 2.75) is 64.8 Å². The fourth-order valence-electron chi connectivity index (χ4n) is 3.63. The zero-order valence-corrected chi connectivity index (χ0v) is 13.3. The number of hydrogen-bond donors (Lipinski definition) is 1. The third-order valence-electron chi connectivity index (χ3n) is 4.80. The molecule has 0 amide bonds. The van der Waals surface area contributed by atoms with Crippen LogP contribution in [0.2, 0.25) is 0 Å². The molecule has 0 aliphatic heterocycles. The Hall–Kier alpha value is -1.51. The molecule has 21 heavy (non-hydrogen) atoms. The van der Waals surface area contributed by atoms with Crippen LogP contribution in [0.4, 0.5) is 5.69 Å². The van der Waals surface area contributed by atoms with Crippen molar-refractivity contribution >= 4 is 16.7 Å². The number of benzene rings is 1. The van der Waals surface area contributed by atoms with Crippen molar-refractivity contribution in [3.63, 3.8) is 0 Å². The van der Waals surface area contributed by atoms with Crippen molar-refractivity contribution in [2.75, 3.05) is 5.73 Å². The lowest BCUT2D eigenvalue weighted by Crippen LogP contribution is -2.12. The number of aryl methyl sites for hydroxylation is 1. The summed E-state index contributed by atoms with van der Waals surface area (Å²) < 4.78 is 2.42. The molecule has 3 nitrogen and oxygen atoms in total. The SMILES string of the molecule is CC(C)c1nc2cc(N)ccc2n1CCC1CCCCC1. The lowest BCUT2D eigenvalue weighted by Gasteiger charge is -2.22. The van der Waals surface area contributed by atoms with Gasteiger partial charge in [0.2, 0.25) is 0 Å². The van der Waals surface area contributed by atoms with Crippen molar-refractivity contribution in [3.05, 3.63) is 24.0 Å². The molecule has 1 aromatic heterocycles. The molecule has 0 unspecified atom stereocenters. The molecule has 114 valence electrons. The van der Waals surface area contributed by atoms with Gasteiger partial charge in [-0.05, 0) is 30.5 Å². The van der Waals surface area contributed by atoms with Gasteiger partial charge in [-0.15, -0.1) is 0 Å². The molecule has 0 atom stereocenters. The van der Waals surface area contributed by atoms with Gasteiger partial charge in [0.25, 0.3) is 0 Å². The quantitative estimate of drug-likeness (QED) is 0.827. The summed E-state index contributed by atoms with van der Waals surface area (Å²) in [4.78, 5) is 4.82. The second-order valence-electron chi connectivity index (χ2n) is 6.82. The standard InChI is InChI=1S/C18H27N3/c1-13(2)18-20-16-12-15(19)8-9-17(16)21(18)11-10-14-6-4-3-5-7-14/h8-9,12-14H,3-7,10-11,19H2,1-2H3. The molecule has 0 saturated heterocycles. The van der Waals surface area contributed by atoms with Crippen LogP contribution in [-0.4, -0.2) is 9.55 Å². The summed E-state index contributed by atoms with van der Waals surface area (Å²) in [5, 5.41) is 0. The van der Waals surface area contributed by atoms with Crippen LogP contribution in [0.15, 0.2) is 18.2 Å². The Labute approximate surface area is 127 Å². The maximum absolute atomic E-state index is 5.90. The molecule has 2 aromatic rings. The van der Waals surface area contributed by atoms with Gasteiger partial charge in [0.15, 0.2) is 0 Å². The van der Waals surface area contributed by atoms with Crippen molar-refractivity contribution in [3.8, 4) is 0 Å². The molecular formula is C18H27N3. The summed E-state index contributed by atoms with van der Waals surface area (Å²) in [5.74, 6) is 2.56. The first-order chi connectivity index (χ1) is 10.1. The average molecular weight is 285 g/mol. The highest BCUT2D eigenvalue weighted by Gasteiger charge is 2.17. The largest absolute Gasteiger partial charge is 0.399 e. The minimum Gasteiger partial charge on any atom is -0.399 e. The summed E-state index contributed by atoms with van der Waals surface area (Å²) in [6, 6.07) is 6.12. The second kappa shape index (κ2) is 6.08. The molecule has 1 fully saturated rings. The highest BCUT2D eigenvalue weighted by molar-refractivity contribution is 5.79. The third kappa shape index (κ3) is 3.07. The fraction of sp³-hybridized carbons (Fsp3) is 0.611. The van der Waals surface area contributed by atoms with Crippen LogP contribution in [0.5, 0.6) is 0 Å². The number of nitrogens with two attached hydrogens (primary N) is 1. The van der Waals surface area contributed by atoms with E-state index in [1.807, 2.05) is 12.1 Å². The molecule has 3 rings (SSSR count). The van der Waals surface area contributed by atoms with Crippen LogP contribution >= 0.6 is 0 Å². The second-order valence-corrected chi connectivity index (χ2v) is 6.82. The molecule has 1 aliphatic rings. The number of aromatic nitrogens is 2. The minimum absolute atomic E-state index is 0.449. The maximum atomic E-state index is 5.90. The van der Waals surface area contributed by atoms with Gasteiger partial charge in [0, 0.05) is 18.2 Å². The number of fused-ring (bicyclic) bond motifs is 1. The van der Waals surface area contributed by atoms with Crippen LogP contribution in [0, 0.1) is 5.92 Å². The first-order valence-electron chi connectivity index (χ1n) is 8.41. The Morgan fingerprint density at radius 2 is 2.00 bits per heavy atom. The molecule has 1 saturated carbocycles. The van der Waals surface area contributed by atoms with Gasteiger partial charge in [-0.2, -0.15) is 0 Å². The number of rotatable bonds is 4. The van der Waals surface area contributed by atoms with Crippen LogP contribution in [0.3, 0.4) is 0 Å². The molecule has 1 heterocycles. The van der Waals surface area contributed by atoms with Crippen molar-refractivity contribution in [1.29, 1.82) is 0 Å². The van der Waals surface area contributed by atoms with Gasteiger partial charge in [0.1, 0.15) is 5.82 Å². The van der Waals surface area contributed by atoms with Gasteiger partial charge < -0.3 is 10.3 Å². The predicted molar refractivity (Wildman–Crippen MR) is 89.4 cm³/mol. The molecule has 0 bridgehead atoms.